The third-order valence-corrected chi connectivity index (χ3v) is 2.75. The molecule has 0 unspecified atom stereocenters. The van der Waals surface area contributed by atoms with Crippen LogP contribution in [0.5, 0.6) is 5.75 Å². The van der Waals surface area contributed by atoms with E-state index in [0.29, 0.717) is 18.6 Å². The number of benzene rings is 1. The molecule has 0 aliphatic heterocycles. The minimum Gasteiger partial charge on any atom is -0.494 e. The lowest BCUT2D eigenvalue weighted by Crippen LogP contribution is -2.12. The van der Waals surface area contributed by atoms with Crippen LogP contribution < -0.4 is 4.74 Å². The van der Waals surface area contributed by atoms with Crippen LogP contribution in [-0.2, 0) is 12.4 Å². The molecule has 1 aromatic rings. The van der Waals surface area contributed by atoms with E-state index < -0.39 is 29.2 Å². The van der Waals surface area contributed by atoms with E-state index in [1.807, 2.05) is 0 Å². The molecule has 1 N–H and O–H groups in total. The van der Waals surface area contributed by atoms with Gasteiger partial charge in [-0.2, -0.15) is 26.3 Å². The summed E-state index contributed by atoms with van der Waals surface area (Å²) in [5, 5.41) is 8.78. The van der Waals surface area contributed by atoms with Crippen LogP contribution in [0.1, 0.15) is 24.5 Å². The fraction of sp³-hybridized carbons (Fsp3) is 0.538. The first-order chi connectivity index (χ1) is 9.54. The third kappa shape index (κ3) is 5.45. The van der Waals surface area contributed by atoms with Gasteiger partial charge in [-0.1, -0.05) is 6.92 Å². The van der Waals surface area contributed by atoms with Crippen molar-refractivity contribution in [2.45, 2.75) is 25.7 Å². The zero-order chi connectivity index (χ0) is 16.3. The topological polar surface area (TPSA) is 29.5 Å². The summed E-state index contributed by atoms with van der Waals surface area (Å²) in [5.41, 5.74) is -2.83. The lowest BCUT2D eigenvalue weighted by Gasteiger charge is -2.15. The van der Waals surface area contributed by atoms with Crippen molar-refractivity contribution in [1.82, 2.24) is 0 Å². The van der Waals surface area contributed by atoms with Gasteiger partial charge in [0, 0.05) is 6.61 Å². The molecule has 0 saturated heterocycles. The summed E-state index contributed by atoms with van der Waals surface area (Å²) in [6.07, 6.45) is -9.47. The Morgan fingerprint density at radius 2 is 1.48 bits per heavy atom. The van der Waals surface area contributed by atoms with E-state index in [9.17, 15) is 26.3 Å². The van der Waals surface area contributed by atoms with Crippen LogP contribution in [0.4, 0.5) is 26.3 Å². The van der Waals surface area contributed by atoms with Gasteiger partial charge in [0.1, 0.15) is 5.75 Å². The second-order valence-electron chi connectivity index (χ2n) is 4.67. The molecule has 1 rings (SSSR count). The fourth-order valence-corrected chi connectivity index (χ4v) is 1.48. The van der Waals surface area contributed by atoms with Crippen LogP contribution in [-0.4, -0.2) is 18.3 Å². The number of halogens is 6. The smallest absolute Gasteiger partial charge is 0.416 e. The SMILES string of the molecule is C[C@H](CO)CCOc1cc(C(F)(F)F)cc(C(F)(F)F)c1. The quantitative estimate of drug-likeness (QED) is 0.828. The molecule has 0 aliphatic rings. The van der Waals surface area contributed by atoms with E-state index in [2.05, 4.69) is 0 Å². The molecule has 2 nitrogen and oxygen atoms in total. The zero-order valence-electron chi connectivity index (χ0n) is 11.1. The summed E-state index contributed by atoms with van der Waals surface area (Å²) < 4.78 is 80.4. The summed E-state index contributed by atoms with van der Waals surface area (Å²) in [6, 6.07) is 1.10. The van der Waals surface area contributed by atoms with E-state index in [1.165, 1.54) is 0 Å². The average molecular weight is 316 g/mol. The van der Waals surface area contributed by atoms with Gasteiger partial charge in [-0.05, 0) is 30.5 Å². The molecule has 21 heavy (non-hydrogen) atoms. The zero-order valence-corrected chi connectivity index (χ0v) is 11.1. The largest absolute Gasteiger partial charge is 0.494 e. The predicted octanol–water partition coefficient (Wildman–Crippen LogP) is 4.12. The van der Waals surface area contributed by atoms with E-state index in [-0.39, 0.29) is 25.2 Å². The first-order valence-electron chi connectivity index (χ1n) is 6.07. The van der Waals surface area contributed by atoms with Gasteiger partial charge in [-0.25, -0.2) is 0 Å². The minimum absolute atomic E-state index is 0.0448. The van der Waals surface area contributed by atoms with Gasteiger partial charge in [0.15, 0.2) is 0 Å². The third-order valence-electron chi connectivity index (χ3n) is 2.75. The summed E-state index contributed by atoms with van der Waals surface area (Å²) >= 11 is 0. The number of aliphatic hydroxyl groups excluding tert-OH is 1. The van der Waals surface area contributed by atoms with Crippen molar-refractivity contribution < 1.29 is 36.2 Å². The van der Waals surface area contributed by atoms with Gasteiger partial charge in [0.05, 0.1) is 17.7 Å². The molecule has 0 aliphatic carbocycles. The monoisotopic (exact) mass is 316 g/mol. The van der Waals surface area contributed by atoms with Crippen molar-refractivity contribution in [3.63, 3.8) is 0 Å². The van der Waals surface area contributed by atoms with Crippen LogP contribution in [0.15, 0.2) is 18.2 Å². The lowest BCUT2D eigenvalue weighted by molar-refractivity contribution is -0.143. The van der Waals surface area contributed by atoms with Crippen LogP contribution in [0.25, 0.3) is 0 Å². The number of rotatable bonds is 5. The molecular weight excluding hydrogens is 302 g/mol. The Kier molecular flexibility index (Phi) is 5.49. The maximum atomic E-state index is 12.6. The molecule has 1 aromatic carbocycles. The Bertz CT molecular complexity index is 434. The van der Waals surface area contributed by atoms with E-state index in [4.69, 9.17) is 9.84 Å². The minimum atomic E-state index is -4.89. The number of alkyl halides is 6. The summed E-state index contributed by atoms with van der Waals surface area (Å²) in [5.74, 6) is -0.653. The maximum absolute atomic E-state index is 12.6. The summed E-state index contributed by atoms with van der Waals surface area (Å²) in [7, 11) is 0. The predicted molar refractivity (Wildman–Crippen MR) is 62.8 cm³/mol. The van der Waals surface area contributed by atoms with Gasteiger partial charge in [0.25, 0.3) is 0 Å². The van der Waals surface area contributed by atoms with Crippen molar-refractivity contribution in [2.24, 2.45) is 5.92 Å². The highest BCUT2D eigenvalue weighted by atomic mass is 19.4. The van der Waals surface area contributed by atoms with Crippen molar-refractivity contribution in [3.05, 3.63) is 29.3 Å². The second-order valence-corrected chi connectivity index (χ2v) is 4.67. The number of hydrogen-bond donors (Lipinski definition) is 1. The van der Waals surface area contributed by atoms with Gasteiger partial charge in [-0.15, -0.1) is 0 Å². The molecule has 0 spiro atoms. The molecule has 0 amide bonds. The van der Waals surface area contributed by atoms with E-state index in [1.54, 1.807) is 6.92 Å². The van der Waals surface area contributed by atoms with Crippen molar-refractivity contribution in [3.8, 4) is 5.75 Å². The first kappa shape index (κ1) is 17.6. The molecule has 120 valence electrons. The van der Waals surface area contributed by atoms with Gasteiger partial charge in [-0.3, -0.25) is 0 Å². The van der Waals surface area contributed by atoms with Gasteiger partial charge in [0.2, 0.25) is 0 Å². The maximum Gasteiger partial charge on any atom is 0.416 e. The molecule has 0 heterocycles. The van der Waals surface area contributed by atoms with Crippen molar-refractivity contribution in [2.75, 3.05) is 13.2 Å². The van der Waals surface area contributed by atoms with Gasteiger partial charge >= 0.3 is 12.4 Å². The molecule has 1 atom stereocenters. The van der Waals surface area contributed by atoms with Crippen molar-refractivity contribution >= 4 is 0 Å². The molecule has 0 saturated carbocycles. The summed E-state index contributed by atoms with van der Waals surface area (Å²) in [4.78, 5) is 0. The number of aliphatic hydroxyl groups is 1. The highest BCUT2D eigenvalue weighted by Gasteiger charge is 2.37. The lowest BCUT2D eigenvalue weighted by atomic mass is 10.1. The Balaban J connectivity index is 2.98. The number of hydrogen-bond acceptors (Lipinski definition) is 2. The van der Waals surface area contributed by atoms with Crippen LogP contribution in [0.3, 0.4) is 0 Å². The Morgan fingerprint density at radius 1 is 1.00 bits per heavy atom. The fourth-order valence-electron chi connectivity index (χ4n) is 1.48. The normalized spacial score (nSPS) is 14.1. The van der Waals surface area contributed by atoms with Crippen LogP contribution in [0, 0.1) is 5.92 Å². The average Bonchev–Trinajstić information content (AvgIpc) is 2.36. The Morgan fingerprint density at radius 3 is 1.86 bits per heavy atom. The second kappa shape index (κ2) is 6.55. The first-order valence-corrected chi connectivity index (χ1v) is 6.07. The van der Waals surface area contributed by atoms with Crippen LogP contribution in [0.2, 0.25) is 0 Å². The molecule has 0 bridgehead atoms. The standard InChI is InChI=1S/C13H14F6O2/c1-8(7-20)2-3-21-11-5-9(12(14,15)16)4-10(6-11)13(17,18)19/h4-6,8,20H,2-3,7H2,1H3/t8-/m0/s1. The van der Waals surface area contributed by atoms with E-state index in [0.717, 1.165) is 0 Å². The van der Waals surface area contributed by atoms with Gasteiger partial charge < -0.3 is 9.84 Å². The van der Waals surface area contributed by atoms with Crippen molar-refractivity contribution in [1.29, 1.82) is 0 Å². The Labute approximate surface area is 117 Å². The Hall–Kier alpha value is -1.44. The van der Waals surface area contributed by atoms with E-state index >= 15 is 0 Å². The highest BCUT2D eigenvalue weighted by molar-refractivity contribution is 5.37. The molecule has 0 fully saturated rings. The number of ether oxygens (including phenoxy) is 1. The van der Waals surface area contributed by atoms with Crippen LogP contribution >= 0.6 is 0 Å². The molecule has 8 heteroatoms. The molecule has 0 radical (unpaired) electrons. The molecule has 0 aromatic heterocycles. The molecular formula is C13H14F6O2. The highest BCUT2D eigenvalue weighted by Crippen LogP contribution is 2.38. The summed E-state index contributed by atoms with van der Waals surface area (Å²) in [6.45, 7) is 1.46.